The summed E-state index contributed by atoms with van der Waals surface area (Å²) in [5, 5.41) is 4.52. The van der Waals surface area contributed by atoms with E-state index in [4.69, 9.17) is 0 Å². The number of fused-ring (bicyclic) bond motifs is 1. The maximum Gasteiger partial charge on any atom is 0.328 e. The first-order valence-electron chi connectivity index (χ1n) is 11.4. The van der Waals surface area contributed by atoms with E-state index in [0.717, 1.165) is 29.0 Å². The van der Waals surface area contributed by atoms with Crippen LogP contribution < -0.4 is 20.7 Å². The molecule has 0 spiro atoms. The molecule has 1 unspecified atom stereocenters. The Morgan fingerprint density at radius 3 is 2.27 bits per heavy atom. The van der Waals surface area contributed by atoms with Gasteiger partial charge in [-0.2, -0.15) is 0 Å². The first-order valence-corrected chi connectivity index (χ1v) is 11.4. The van der Waals surface area contributed by atoms with Crippen molar-refractivity contribution in [3.63, 3.8) is 0 Å². The lowest BCUT2D eigenvalue weighted by Crippen LogP contribution is -2.52. The Balaban J connectivity index is 0.00000106. The van der Waals surface area contributed by atoms with Gasteiger partial charge in [-0.15, -0.1) is 0 Å². The molecule has 1 aliphatic carbocycles. The molecule has 0 saturated carbocycles. The van der Waals surface area contributed by atoms with E-state index in [-0.39, 0.29) is 22.8 Å². The summed E-state index contributed by atoms with van der Waals surface area (Å²) in [6.07, 6.45) is 10.5. The quantitative estimate of drug-likeness (QED) is 0.766. The highest BCUT2D eigenvalue weighted by molar-refractivity contribution is 6.05. The van der Waals surface area contributed by atoms with Crippen molar-refractivity contribution in [3.05, 3.63) is 22.8 Å². The number of aromatic nitrogens is 1. The number of hydrogen-bond donors (Lipinski definition) is 1. The smallest absolute Gasteiger partial charge is 0.291 e. The van der Waals surface area contributed by atoms with E-state index in [9.17, 15) is 9.59 Å². The number of imide groups is 1. The fraction of sp³-hybridized carbons (Fsp3) is 0.640. The van der Waals surface area contributed by atoms with Crippen LogP contribution in [0, 0.1) is 16.7 Å². The predicted molar refractivity (Wildman–Crippen MR) is 127 cm³/mol. The Morgan fingerprint density at radius 1 is 1.07 bits per heavy atom. The van der Waals surface area contributed by atoms with Gasteiger partial charge < -0.3 is 0 Å². The third kappa shape index (κ3) is 5.93. The fourth-order valence-electron chi connectivity index (χ4n) is 4.08. The van der Waals surface area contributed by atoms with Crippen LogP contribution in [0.3, 0.4) is 0 Å². The summed E-state index contributed by atoms with van der Waals surface area (Å²) in [6, 6.07) is -0.363. The van der Waals surface area contributed by atoms with Gasteiger partial charge in [-0.25, -0.2) is 4.79 Å². The van der Waals surface area contributed by atoms with Crippen LogP contribution >= 0.6 is 0 Å². The average Bonchev–Trinajstić information content (AvgIpc) is 2.68. The molecule has 30 heavy (non-hydrogen) atoms. The van der Waals surface area contributed by atoms with Crippen molar-refractivity contribution in [3.8, 4) is 0 Å². The molecule has 1 fully saturated rings. The van der Waals surface area contributed by atoms with Gasteiger partial charge in [0.2, 0.25) is 5.91 Å². The summed E-state index contributed by atoms with van der Waals surface area (Å²) in [5.74, 6) is 0.273. The molecule has 168 valence electrons. The number of pyridine rings is 1. The SMILES string of the molecule is CC.CC.CC(C)C1(C)/C=c2/cncc(N3CCC(=O)NC3=O)/c2=C/CC(C)(C)C1. The van der Waals surface area contributed by atoms with E-state index in [0.29, 0.717) is 18.9 Å². The van der Waals surface area contributed by atoms with Crippen LogP contribution in [0.15, 0.2) is 12.4 Å². The predicted octanol–water partition coefficient (Wildman–Crippen LogP) is 4.62. The summed E-state index contributed by atoms with van der Waals surface area (Å²) in [5.41, 5.74) is 0.994. The average molecular weight is 416 g/mol. The minimum absolute atomic E-state index is 0.0485. The molecule has 1 aliphatic heterocycles. The maximum absolute atomic E-state index is 12.3. The normalized spacial score (nSPS) is 24.8. The summed E-state index contributed by atoms with van der Waals surface area (Å²) in [6.45, 7) is 19.8. The van der Waals surface area contributed by atoms with E-state index in [1.54, 1.807) is 11.1 Å². The van der Waals surface area contributed by atoms with Crippen molar-refractivity contribution in [2.24, 2.45) is 16.7 Å². The van der Waals surface area contributed by atoms with E-state index in [1.807, 2.05) is 33.9 Å². The number of anilines is 1. The number of hydrogen-bond acceptors (Lipinski definition) is 3. The van der Waals surface area contributed by atoms with Crippen LogP contribution in [0.2, 0.25) is 0 Å². The lowest BCUT2D eigenvalue weighted by Gasteiger charge is -2.39. The molecular formula is C25H41N3O2. The van der Waals surface area contributed by atoms with Gasteiger partial charge in [0.05, 0.1) is 11.9 Å². The van der Waals surface area contributed by atoms with Gasteiger partial charge >= 0.3 is 6.03 Å². The Hall–Kier alpha value is -2.17. The van der Waals surface area contributed by atoms with Crippen LogP contribution in [0.4, 0.5) is 10.5 Å². The molecule has 0 radical (unpaired) electrons. The summed E-state index contributed by atoms with van der Waals surface area (Å²) in [7, 11) is 0. The Bertz CT molecular complexity index is 858. The van der Waals surface area contributed by atoms with Crippen LogP contribution in [0.1, 0.15) is 81.6 Å². The zero-order valence-corrected chi connectivity index (χ0v) is 20.4. The molecule has 5 heteroatoms. The van der Waals surface area contributed by atoms with Crippen molar-refractivity contribution >= 4 is 29.8 Å². The monoisotopic (exact) mass is 415 g/mol. The number of carbonyl (C=O) groups excluding carboxylic acids is 2. The van der Waals surface area contributed by atoms with Crippen molar-refractivity contribution in [1.29, 1.82) is 0 Å². The molecule has 3 amide bonds. The van der Waals surface area contributed by atoms with Gasteiger partial charge in [0.15, 0.2) is 0 Å². The van der Waals surface area contributed by atoms with Crippen molar-refractivity contribution in [2.45, 2.75) is 81.6 Å². The first-order chi connectivity index (χ1) is 14.1. The first kappa shape index (κ1) is 25.9. The number of amides is 3. The molecule has 1 saturated heterocycles. The summed E-state index contributed by atoms with van der Waals surface area (Å²) < 4.78 is 0. The summed E-state index contributed by atoms with van der Waals surface area (Å²) >= 11 is 0. The van der Waals surface area contributed by atoms with Crippen LogP contribution in [0.5, 0.6) is 0 Å². The second kappa shape index (κ2) is 10.7. The molecule has 1 atom stereocenters. The van der Waals surface area contributed by atoms with Crippen molar-refractivity contribution < 1.29 is 9.59 Å². The molecule has 1 N–H and O–H groups in total. The minimum Gasteiger partial charge on any atom is -0.291 e. The standard InChI is InChI=1S/C21H29N3O2.2C2H6/c1-14(2)21(5)10-15-11-22-12-17(16(15)6-8-20(3,4)13-21)24-9-7-18(25)23-19(24)26;2*1-2/h6,10-12,14H,7-9,13H2,1-5H3,(H,23,25,26);2*1-2H3/b15-10-,16-6+;;. The lowest BCUT2D eigenvalue weighted by molar-refractivity contribution is -0.120. The third-order valence-corrected chi connectivity index (χ3v) is 5.86. The molecule has 2 aliphatic rings. The molecule has 0 aromatic carbocycles. The minimum atomic E-state index is -0.363. The van der Waals surface area contributed by atoms with Crippen LogP contribution in [0.25, 0.3) is 12.2 Å². The topological polar surface area (TPSA) is 62.3 Å². The van der Waals surface area contributed by atoms with Gasteiger partial charge in [0.1, 0.15) is 0 Å². The van der Waals surface area contributed by atoms with Crippen molar-refractivity contribution in [1.82, 2.24) is 10.3 Å². The van der Waals surface area contributed by atoms with E-state index < -0.39 is 0 Å². The highest BCUT2D eigenvalue weighted by atomic mass is 16.2. The number of urea groups is 1. The zero-order chi connectivity index (χ0) is 23.1. The molecule has 5 nitrogen and oxygen atoms in total. The second-order valence-electron chi connectivity index (χ2n) is 8.97. The maximum atomic E-state index is 12.3. The van der Waals surface area contributed by atoms with E-state index in [2.05, 4.69) is 57.1 Å². The van der Waals surface area contributed by atoms with Gasteiger partial charge in [0, 0.05) is 24.4 Å². The number of carbonyl (C=O) groups is 2. The molecule has 0 bridgehead atoms. The zero-order valence-electron chi connectivity index (χ0n) is 20.4. The molecule has 3 rings (SSSR count). The number of nitrogens with one attached hydrogen (secondary N) is 1. The van der Waals surface area contributed by atoms with Crippen LogP contribution in [-0.4, -0.2) is 23.5 Å². The molecule has 1 aromatic heterocycles. The molecular weight excluding hydrogens is 374 g/mol. The van der Waals surface area contributed by atoms with E-state index in [1.165, 1.54) is 0 Å². The second-order valence-corrected chi connectivity index (χ2v) is 8.97. The highest BCUT2D eigenvalue weighted by Gasteiger charge is 2.34. The van der Waals surface area contributed by atoms with Gasteiger partial charge in [-0.05, 0) is 34.8 Å². The van der Waals surface area contributed by atoms with Crippen LogP contribution in [-0.2, 0) is 4.79 Å². The van der Waals surface area contributed by atoms with Gasteiger partial charge in [-0.3, -0.25) is 20.0 Å². The largest absolute Gasteiger partial charge is 0.328 e. The van der Waals surface area contributed by atoms with E-state index >= 15 is 0 Å². The van der Waals surface area contributed by atoms with Crippen molar-refractivity contribution in [2.75, 3.05) is 11.4 Å². The van der Waals surface area contributed by atoms with Gasteiger partial charge in [-0.1, -0.05) is 74.5 Å². The Labute approximate surface area is 182 Å². The highest BCUT2D eigenvalue weighted by Crippen LogP contribution is 2.43. The van der Waals surface area contributed by atoms with Gasteiger partial charge in [0.25, 0.3) is 0 Å². The summed E-state index contributed by atoms with van der Waals surface area (Å²) in [4.78, 5) is 29.9. The third-order valence-electron chi connectivity index (χ3n) is 5.86. The molecule has 1 aromatic rings. The Morgan fingerprint density at radius 2 is 1.70 bits per heavy atom. The Kier molecular flexibility index (Phi) is 9.26. The lowest BCUT2D eigenvalue weighted by atomic mass is 9.66. The number of rotatable bonds is 2. The number of nitrogens with zero attached hydrogens (tertiary/aromatic N) is 2. The molecule has 2 heterocycles. The fourth-order valence-corrected chi connectivity index (χ4v) is 4.08.